The number of ketones is 1. The second-order valence-electron chi connectivity index (χ2n) is 5.25. The van der Waals surface area contributed by atoms with E-state index in [1.54, 1.807) is 25.1 Å². The number of nitrogens with zero attached hydrogens (tertiary/aromatic N) is 2. The fourth-order valence-corrected chi connectivity index (χ4v) is 2.06. The molecule has 1 rings (SSSR count). The number of alkyl halides is 3. The van der Waals surface area contributed by atoms with Crippen LogP contribution in [0.15, 0.2) is 47.7 Å². The number of unbranched alkanes of at least 4 members (excludes halogenated alkanes) is 1. The van der Waals surface area contributed by atoms with Gasteiger partial charge in [-0.3, -0.25) is 4.79 Å². The number of nitriles is 1. The topological polar surface area (TPSA) is 44.1 Å². The quantitative estimate of drug-likeness (QED) is 0.556. The Morgan fingerprint density at radius 2 is 2.04 bits per heavy atom. The van der Waals surface area contributed by atoms with Gasteiger partial charge >= 0.3 is 6.18 Å². The van der Waals surface area contributed by atoms with E-state index in [1.165, 1.54) is 24.9 Å². The van der Waals surface area contributed by atoms with Crippen LogP contribution in [0.1, 0.15) is 32.3 Å². The van der Waals surface area contributed by atoms with Crippen LogP contribution in [-0.4, -0.2) is 19.0 Å². The molecule has 0 saturated heterocycles. The zero-order chi connectivity index (χ0) is 18.3. The summed E-state index contributed by atoms with van der Waals surface area (Å²) in [5.74, 6) is -0.494. The lowest BCUT2D eigenvalue weighted by atomic mass is 10.1. The van der Waals surface area contributed by atoms with Crippen LogP contribution in [0.2, 0.25) is 0 Å². The number of Topliss-reactive ketones (excluding diaryl/α,β-unsaturated/α-hetero) is 1. The maximum absolute atomic E-state index is 13.2. The summed E-state index contributed by atoms with van der Waals surface area (Å²) in [6.45, 7) is 2.99. The van der Waals surface area contributed by atoms with Gasteiger partial charge in [-0.15, -0.1) is 0 Å². The number of carbonyl (C=O) groups is 1. The Bertz CT molecular complexity index is 697. The Balaban J connectivity index is 3.34. The van der Waals surface area contributed by atoms with E-state index in [0.717, 1.165) is 12.2 Å². The first-order valence-corrected chi connectivity index (χ1v) is 7.44. The first-order valence-electron chi connectivity index (χ1n) is 7.44. The third-order valence-electron chi connectivity index (χ3n) is 3.36. The molecule has 24 heavy (non-hydrogen) atoms. The van der Waals surface area contributed by atoms with Gasteiger partial charge in [-0.25, -0.2) is 0 Å². The molecule has 0 aliphatic heterocycles. The minimum absolute atomic E-state index is 0.0928. The van der Waals surface area contributed by atoms with E-state index in [2.05, 4.69) is 0 Å². The molecular formula is C18H19F3N2O. The number of rotatable bonds is 6. The fourth-order valence-electron chi connectivity index (χ4n) is 2.06. The van der Waals surface area contributed by atoms with Gasteiger partial charge in [0.05, 0.1) is 22.9 Å². The van der Waals surface area contributed by atoms with Crippen LogP contribution in [0, 0.1) is 11.3 Å². The Hall–Kier alpha value is -2.55. The zero-order valence-corrected chi connectivity index (χ0v) is 13.8. The highest BCUT2D eigenvalue weighted by atomic mass is 19.4. The summed E-state index contributed by atoms with van der Waals surface area (Å²) in [5, 5.41) is 8.93. The number of carbonyl (C=O) groups excluding carboxylic acids is 1. The van der Waals surface area contributed by atoms with Gasteiger partial charge in [-0.2, -0.15) is 18.4 Å². The van der Waals surface area contributed by atoms with E-state index in [1.807, 2.05) is 6.07 Å². The Morgan fingerprint density at radius 3 is 2.54 bits per heavy atom. The van der Waals surface area contributed by atoms with Crippen molar-refractivity contribution >= 4 is 11.5 Å². The highest BCUT2D eigenvalue weighted by molar-refractivity contribution is 5.97. The van der Waals surface area contributed by atoms with Crippen LogP contribution >= 0.6 is 0 Å². The monoisotopic (exact) mass is 336 g/mol. The van der Waals surface area contributed by atoms with Crippen LogP contribution in [-0.2, 0) is 4.79 Å². The molecule has 0 spiro atoms. The maximum Gasteiger partial charge on any atom is 0.416 e. The molecule has 1 aromatic rings. The molecule has 0 unspecified atom stereocenters. The van der Waals surface area contributed by atoms with Gasteiger partial charge in [0.1, 0.15) is 0 Å². The van der Waals surface area contributed by atoms with Crippen molar-refractivity contribution in [1.82, 2.24) is 0 Å². The lowest BCUT2D eigenvalue weighted by molar-refractivity contribution is -0.113. The van der Waals surface area contributed by atoms with Crippen LogP contribution in [0.3, 0.4) is 0 Å². The average Bonchev–Trinajstić information content (AvgIpc) is 2.53. The Kier molecular flexibility index (Phi) is 6.78. The van der Waals surface area contributed by atoms with Crippen molar-refractivity contribution in [2.45, 2.75) is 32.9 Å². The normalized spacial score (nSPS) is 12.7. The molecule has 0 bridgehead atoms. The summed E-state index contributed by atoms with van der Waals surface area (Å²) in [4.78, 5) is 13.2. The number of anilines is 1. The summed E-state index contributed by atoms with van der Waals surface area (Å²) in [7, 11) is 1.50. The van der Waals surface area contributed by atoms with E-state index in [-0.39, 0.29) is 12.1 Å². The Morgan fingerprint density at radius 1 is 1.38 bits per heavy atom. The lowest BCUT2D eigenvalue weighted by Crippen LogP contribution is -2.23. The van der Waals surface area contributed by atoms with Crippen molar-refractivity contribution in [3.8, 4) is 6.07 Å². The first kappa shape index (κ1) is 19.5. The summed E-state index contributed by atoms with van der Waals surface area (Å²) in [5.41, 5.74) is -0.116. The molecule has 6 heteroatoms. The average molecular weight is 336 g/mol. The second-order valence-corrected chi connectivity index (χ2v) is 5.25. The first-order chi connectivity index (χ1) is 11.2. The number of benzene rings is 1. The summed E-state index contributed by atoms with van der Waals surface area (Å²) < 4.78 is 39.5. The SMILES string of the molecule is CCC/C=C(\C=C(\C(C)=O)N(C)c1cccc(C#N)c1)C(F)(F)F. The largest absolute Gasteiger partial charge is 0.416 e. The van der Waals surface area contributed by atoms with Crippen LogP contribution in [0.5, 0.6) is 0 Å². The van der Waals surface area contributed by atoms with Gasteiger partial charge in [0.15, 0.2) is 5.78 Å². The number of hydrogen-bond acceptors (Lipinski definition) is 3. The van der Waals surface area contributed by atoms with Gasteiger partial charge in [0.2, 0.25) is 0 Å². The van der Waals surface area contributed by atoms with Crippen molar-refractivity contribution in [2.24, 2.45) is 0 Å². The third kappa shape index (κ3) is 5.27. The van der Waals surface area contributed by atoms with E-state index in [9.17, 15) is 18.0 Å². The summed E-state index contributed by atoms with van der Waals surface area (Å²) >= 11 is 0. The molecule has 0 atom stereocenters. The highest BCUT2D eigenvalue weighted by Crippen LogP contribution is 2.30. The molecule has 0 heterocycles. The molecule has 0 N–H and O–H groups in total. The smallest absolute Gasteiger partial charge is 0.342 e. The van der Waals surface area contributed by atoms with E-state index < -0.39 is 17.5 Å². The molecule has 0 aromatic heterocycles. The highest BCUT2D eigenvalue weighted by Gasteiger charge is 2.32. The van der Waals surface area contributed by atoms with E-state index >= 15 is 0 Å². The third-order valence-corrected chi connectivity index (χ3v) is 3.36. The predicted molar refractivity (Wildman–Crippen MR) is 87.4 cm³/mol. The van der Waals surface area contributed by atoms with Crippen molar-refractivity contribution in [2.75, 3.05) is 11.9 Å². The standard InChI is InChI=1S/C18H19F3N2O/c1-4-5-8-15(18(19,20)21)11-17(13(2)24)23(3)16-9-6-7-14(10-16)12-22/h6-11H,4-5H2,1-3H3/b15-8+,17-11-. The molecule has 0 fully saturated rings. The van der Waals surface area contributed by atoms with Crippen molar-refractivity contribution in [3.63, 3.8) is 0 Å². The maximum atomic E-state index is 13.2. The summed E-state index contributed by atoms with van der Waals surface area (Å²) in [6.07, 6.45) is -1.75. The summed E-state index contributed by atoms with van der Waals surface area (Å²) in [6, 6.07) is 8.29. The molecule has 0 radical (unpaired) electrons. The van der Waals surface area contributed by atoms with Gasteiger partial charge in [-0.1, -0.05) is 25.5 Å². The minimum atomic E-state index is -4.54. The van der Waals surface area contributed by atoms with Crippen LogP contribution < -0.4 is 4.90 Å². The lowest BCUT2D eigenvalue weighted by Gasteiger charge is -2.22. The second kappa shape index (κ2) is 8.34. The van der Waals surface area contributed by atoms with Crippen molar-refractivity contribution in [3.05, 3.63) is 53.3 Å². The van der Waals surface area contributed by atoms with Gasteiger partial charge in [-0.05, 0) is 30.7 Å². The molecule has 128 valence electrons. The number of allylic oxidation sites excluding steroid dienone is 4. The predicted octanol–water partition coefficient (Wildman–Crippen LogP) is 4.76. The number of halogens is 3. The zero-order valence-electron chi connectivity index (χ0n) is 13.8. The van der Waals surface area contributed by atoms with Gasteiger partial charge < -0.3 is 4.90 Å². The minimum Gasteiger partial charge on any atom is -0.342 e. The molecule has 0 aliphatic rings. The van der Waals surface area contributed by atoms with Gasteiger partial charge in [0.25, 0.3) is 0 Å². The van der Waals surface area contributed by atoms with Crippen LogP contribution in [0.4, 0.5) is 18.9 Å². The van der Waals surface area contributed by atoms with Gasteiger partial charge in [0, 0.05) is 19.7 Å². The molecule has 1 aromatic carbocycles. The van der Waals surface area contributed by atoms with Crippen molar-refractivity contribution < 1.29 is 18.0 Å². The van der Waals surface area contributed by atoms with E-state index in [0.29, 0.717) is 17.7 Å². The molecular weight excluding hydrogens is 317 g/mol. The molecule has 0 amide bonds. The van der Waals surface area contributed by atoms with Crippen molar-refractivity contribution in [1.29, 1.82) is 5.26 Å². The Labute approximate surface area is 139 Å². The van der Waals surface area contributed by atoms with Crippen LogP contribution in [0.25, 0.3) is 0 Å². The number of hydrogen-bond donors (Lipinski definition) is 0. The fraction of sp³-hybridized carbons (Fsp3) is 0.333. The molecule has 0 saturated carbocycles. The van der Waals surface area contributed by atoms with E-state index in [4.69, 9.17) is 5.26 Å². The number of likely N-dealkylation sites (N-methyl/N-ethyl adjacent to an activating group) is 1. The molecule has 0 aliphatic carbocycles. The molecule has 3 nitrogen and oxygen atoms in total.